The monoisotopic (exact) mass is 302 g/mol. The van der Waals surface area contributed by atoms with E-state index in [9.17, 15) is 13.2 Å². The fourth-order valence-electron chi connectivity index (χ4n) is 2.23. The summed E-state index contributed by atoms with van der Waals surface area (Å²) in [6.45, 7) is 0. The van der Waals surface area contributed by atoms with Crippen LogP contribution in [0.3, 0.4) is 0 Å². The molecule has 7 heteroatoms. The first-order valence-electron chi connectivity index (χ1n) is 6.29. The molecule has 3 aromatic rings. The van der Waals surface area contributed by atoms with Gasteiger partial charge in [0.05, 0.1) is 28.2 Å². The van der Waals surface area contributed by atoms with Crippen LogP contribution in [-0.2, 0) is 13.2 Å². The molecular formula is C15H9F3N4. The van der Waals surface area contributed by atoms with Crippen LogP contribution in [0.5, 0.6) is 0 Å². The van der Waals surface area contributed by atoms with Crippen molar-refractivity contribution in [3.05, 3.63) is 47.8 Å². The minimum Gasteiger partial charge on any atom is -0.327 e. The normalized spacial score (nSPS) is 11.6. The molecule has 1 aromatic carbocycles. The summed E-state index contributed by atoms with van der Waals surface area (Å²) in [6, 6.07) is 7.96. The summed E-state index contributed by atoms with van der Waals surface area (Å²) in [5.74, 6) is 0.365. The minimum absolute atomic E-state index is 0.270. The van der Waals surface area contributed by atoms with Gasteiger partial charge in [0, 0.05) is 25.0 Å². The van der Waals surface area contributed by atoms with E-state index >= 15 is 0 Å². The lowest BCUT2D eigenvalue weighted by molar-refractivity contribution is -0.137. The molecular weight excluding hydrogens is 293 g/mol. The van der Waals surface area contributed by atoms with Crippen molar-refractivity contribution in [2.45, 2.75) is 6.18 Å². The Morgan fingerprint density at radius 2 is 1.95 bits per heavy atom. The summed E-state index contributed by atoms with van der Waals surface area (Å²) in [7, 11) is 1.69. The van der Waals surface area contributed by atoms with Crippen LogP contribution < -0.4 is 0 Å². The number of hydrogen-bond donors (Lipinski definition) is 0. The molecule has 0 aliphatic rings. The highest BCUT2D eigenvalue weighted by Crippen LogP contribution is 2.32. The van der Waals surface area contributed by atoms with Gasteiger partial charge in [-0.2, -0.15) is 18.4 Å². The fourth-order valence-corrected chi connectivity index (χ4v) is 2.23. The number of halogens is 3. The lowest BCUT2D eigenvalue weighted by Crippen LogP contribution is -2.06. The van der Waals surface area contributed by atoms with Crippen LogP contribution in [0.2, 0.25) is 0 Å². The zero-order valence-corrected chi connectivity index (χ0v) is 11.4. The Kier molecular flexibility index (Phi) is 3.10. The third kappa shape index (κ3) is 2.29. The number of aryl methyl sites for hydroxylation is 1. The Morgan fingerprint density at radius 1 is 1.18 bits per heavy atom. The highest BCUT2D eigenvalue weighted by Gasteiger charge is 2.31. The summed E-state index contributed by atoms with van der Waals surface area (Å²) in [6.07, 6.45) is -2.34. The van der Waals surface area contributed by atoms with E-state index in [1.165, 1.54) is 6.20 Å². The standard InChI is InChI=1S/C15H9F3N4/c1-22-13-4-9(6-19)2-3-12(13)21-14(22)10-5-11(8-20-7-10)15(16,17)18/h2-5,7-8H,1H3. The molecule has 2 heterocycles. The molecule has 0 radical (unpaired) electrons. The maximum Gasteiger partial charge on any atom is 0.417 e. The number of fused-ring (bicyclic) bond motifs is 1. The molecule has 110 valence electrons. The van der Waals surface area contributed by atoms with Crippen molar-refractivity contribution in [2.75, 3.05) is 0 Å². The average Bonchev–Trinajstić information content (AvgIpc) is 2.83. The van der Waals surface area contributed by atoms with Gasteiger partial charge in [-0.15, -0.1) is 0 Å². The number of nitriles is 1. The molecule has 0 saturated carbocycles. The summed E-state index contributed by atoms with van der Waals surface area (Å²) in [5.41, 5.74) is 1.19. The van der Waals surface area contributed by atoms with E-state index in [0.717, 1.165) is 12.3 Å². The van der Waals surface area contributed by atoms with Crippen molar-refractivity contribution in [3.8, 4) is 17.5 Å². The fraction of sp³-hybridized carbons (Fsp3) is 0.133. The average molecular weight is 302 g/mol. The van der Waals surface area contributed by atoms with Gasteiger partial charge in [-0.3, -0.25) is 4.98 Å². The van der Waals surface area contributed by atoms with Gasteiger partial charge < -0.3 is 4.57 Å². The highest BCUT2D eigenvalue weighted by atomic mass is 19.4. The molecule has 0 atom stereocenters. The van der Waals surface area contributed by atoms with Crippen LogP contribution >= 0.6 is 0 Å². The topological polar surface area (TPSA) is 54.5 Å². The molecule has 22 heavy (non-hydrogen) atoms. The second-order valence-electron chi connectivity index (χ2n) is 4.77. The van der Waals surface area contributed by atoms with Gasteiger partial charge in [0.25, 0.3) is 0 Å². The Balaban J connectivity index is 2.19. The van der Waals surface area contributed by atoms with Crippen LogP contribution in [-0.4, -0.2) is 14.5 Å². The maximum absolute atomic E-state index is 12.8. The number of alkyl halides is 3. The van der Waals surface area contributed by atoms with Gasteiger partial charge >= 0.3 is 6.18 Å². The minimum atomic E-state index is -4.46. The van der Waals surface area contributed by atoms with Crippen molar-refractivity contribution >= 4 is 11.0 Å². The highest BCUT2D eigenvalue weighted by molar-refractivity contribution is 5.81. The van der Waals surface area contributed by atoms with Crippen LogP contribution in [0.25, 0.3) is 22.4 Å². The van der Waals surface area contributed by atoms with E-state index in [-0.39, 0.29) is 5.56 Å². The quantitative estimate of drug-likeness (QED) is 0.691. The third-order valence-electron chi connectivity index (χ3n) is 3.33. The summed E-state index contributed by atoms with van der Waals surface area (Å²) < 4.78 is 40.0. The Bertz CT molecular complexity index is 903. The largest absolute Gasteiger partial charge is 0.417 e. The second-order valence-corrected chi connectivity index (χ2v) is 4.77. The molecule has 0 unspecified atom stereocenters. The molecule has 0 bridgehead atoms. The smallest absolute Gasteiger partial charge is 0.327 e. The van der Waals surface area contributed by atoms with Crippen molar-refractivity contribution in [1.82, 2.24) is 14.5 Å². The number of aromatic nitrogens is 3. The van der Waals surface area contributed by atoms with Crippen LogP contribution in [0.1, 0.15) is 11.1 Å². The van der Waals surface area contributed by atoms with Crippen molar-refractivity contribution in [1.29, 1.82) is 5.26 Å². The second kappa shape index (κ2) is 4.84. The summed E-state index contributed by atoms with van der Waals surface area (Å²) >= 11 is 0. The summed E-state index contributed by atoms with van der Waals surface area (Å²) in [4.78, 5) is 7.97. The number of hydrogen-bond acceptors (Lipinski definition) is 3. The first-order valence-corrected chi connectivity index (χ1v) is 6.29. The first kappa shape index (κ1) is 14.1. The molecule has 0 spiro atoms. The lowest BCUT2D eigenvalue weighted by Gasteiger charge is -2.08. The first-order chi connectivity index (χ1) is 10.4. The molecule has 0 aliphatic carbocycles. The molecule has 0 aliphatic heterocycles. The molecule has 0 fully saturated rings. The summed E-state index contributed by atoms with van der Waals surface area (Å²) in [5, 5.41) is 8.92. The van der Waals surface area contributed by atoms with E-state index in [4.69, 9.17) is 5.26 Å². The van der Waals surface area contributed by atoms with Gasteiger partial charge in [0.2, 0.25) is 0 Å². The van der Waals surface area contributed by atoms with Crippen LogP contribution in [0, 0.1) is 11.3 Å². The van der Waals surface area contributed by atoms with Gasteiger partial charge in [-0.25, -0.2) is 4.98 Å². The number of benzene rings is 1. The number of nitrogens with zero attached hydrogens (tertiary/aromatic N) is 4. The zero-order valence-electron chi connectivity index (χ0n) is 11.4. The Hall–Kier alpha value is -2.88. The molecule has 0 amide bonds. The Morgan fingerprint density at radius 3 is 2.64 bits per heavy atom. The number of pyridine rings is 1. The van der Waals surface area contributed by atoms with Gasteiger partial charge in [-0.1, -0.05) is 0 Å². The van der Waals surface area contributed by atoms with E-state index in [0.29, 0.717) is 22.4 Å². The predicted molar refractivity (Wildman–Crippen MR) is 73.7 cm³/mol. The number of imidazole rings is 1. The van der Waals surface area contributed by atoms with Crippen LogP contribution in [0.15, 0.2) is 36.7 Å². The predicted octanol–water partition coefficient (Wildman–Crippen LogP) is 3.53. The maximum atomic E-state index is 12.8. The molecule has 0 saturated heterocycles. The van der Waals surface area contributed by atoms with E-state index in [1.54, 1.807) is 29.8 Å². The van der Waals surface area contributed by atoms with Gasteiger partial charge in [-0.05, 0) is 24.3 Å². The van der Waals surface area contributed by atoms with Crippen molar-refractivity contribution in [2.24, 2.45) is 7.05 Å². The molecule has 4 nitrogen and oxygen atoms in total. The number of rotatable bonds is 1. The van der Waals surface area contributed by atoms with Crippen molar-refractivity contribution < 1.29 is 13.2 Å². The van der Waals surface area contributed by atoms with E-state index < -0.39 is 11.7 Å². The molecule has 0 N–H and O–H groups in total. The van der Waals surface area contributed by atoms with E-state index in [2.05, 4.69) is 9.97 Å². The van der Waals surface area contributed by atoms with E-state index in [1.807, 2.05) is 6.07 Å². The SMILES string of the molecule is Cn1c(-c2cncc(C(F)(F)F)c2)nc2ccc(C#N)cc21. The Labute approximate surface area is 123 Å². The van der Waals surface area contributed by atoms with Crippen LogP contribution in [0.4, 0.5) is 13.2 Å². The lowest BCUT2D eigenvalue weighted by atomic mass is 10.2. The zero-order chi connectivity index (χ0) is 15.9. The van der Waals surface area contributed by atoms with Gasteiger partial charge in [0.15, 0.2) is 0 Å². The van der Waals surface area contributed by atoms with Crippen molar-refractivity contribution in [3.63, 3.8) is 0 Å². The van der Waals surface area contributed by atoms with Gasteiger partial charge in [0.1, 0.15) is 5.82 Å². The molecule has 2 aromatic heterocycles. The molecule has 3 rings (SSSR count). The third-order valence-corrected chi connectivity index (χ3v) is 3.33.